The largest absolute Gasteiger partial charge is 0.444 e. The molecule has 1 aliphatic heterocycles. The third-order valence-corrected chi connectivity index (χ3v) is 5.39. The molecule has 0 saturated carbocycles. The molecular weight excluding hydrogens is 374 g/mol. The quantitative estimate of drug-likeness (QED) is 0.540. The van der Waals surface area contributed by atoms with E-state index >= 15 is 0 Å². The number of carbonyl (C=O) groups excluding carboxylic acids is 1. The molecule has 0 aromatic heterocycles. The van der Waals surface area contributed by atoms with Gasteiger partial charge in [0.05, 0.1) is 0 Å². The Labute approximate surface area is 174 Å². The van der Waals surface area contributed by atoms with Gasteiger partial charge in [0.2, 0.25) is 0 Å². The third kappa shape index (κ3) is 8.29. The summed E-state index contributed by atoms with van der Waals surface area (Å²) in [6.45, 7) is 9.24. The van der Waals surface area contributed by atoms with Crippen LogP contribution in [0.1, 0.15) is 76.3 Å². The molecule has 1 fully saturated rings. The number of piperidine rings is 1. The number of alkyl halides is 2. The van der Waals surface area contributed by atoms with Crippen LogP contribution in [0.15, 0.2) is 24.3 Å². The van der Waals surface area contributed by atoms with Gasteiger partial charge in [0.1, 0.15) is 5.60 Å². The first-order valence-electron chi connectivity index (χ1n) is 10.7. The van der Waals surface area contributed by atoms with Gasteiger partial charge in [-0.05, 0) is 83.6 Å². The van der Waals surface area contributed by atoms with Gasteiger partial charge in [-0.15, -0.1) is 0 Å². The van der Waals surface area contributed by atoms with E-state index in [1.54, 1.807) is 24.1 Å². The average molecular weight is 411 g/mol. The molecule has 0 unspecified atom stereocenters. The first-order valence-corrected chi connectivity index (χ1v) is 10.7. The van der Waals surface area contributed by atoms with Gasteiger partial charge < -0.3 is 14.5 Å². The summed E-state index contributed by atoms with van der Waals surface area (Å²) in [4.78, 5) is 16.3. The molecule has 29 heavy (non-hydrogen) atoms. The zero-order chi connectivity index (χ0) is 21.4. The highest BCUT2D eigenvalue weighted by Crippen LogP contribution is 2.29. The minimum Gasteiger partial charge on any atom is -0.444 e. The molecular formula is C23H36F2N2O2. The Morgan fingerprint density at radius 1 is 1.14 bits per heavy atom. The number of rotatable bonds is 8. The number of nitrogens with zero attached hydrogens (tertiary/aromatic N) is 2. The van der Waals surface area contributed by atoms with Gasteiger partial charge in [0.15, 0.2) is 0 Å². The maximum atomic E-state index is 13.2. The van der Waals surface area contributed by atoms with E-state index in [1.807, 2.05) is 26.8 Å². The van der Waals surface area contributed by atoms with E-state index in [2.05, 4.69) is 4.90 Å². The summed E-state index contributed by atoms with van der Waals surface area (Å²) in [6.07, 6.45) is 2.54. The molecule has 0 aliphatic carbocycles. The fourth-order valence-corrected chi connectivity index (χ4v) is 3.73. The predicted molar refractivity (Wildman–Crippen MR) is 113 cm³/mol. The minimum absolute atomic E-state index is 0.0611. The molecule has 0 bridgehead atoms. The van der Waals surface area contributed by atoms with Crippen molar-refractivity contribution in [2.24, 2.45) is 0 Å². The standard InChI is InChI=1S/C23H36F2N2O2/c1-23(2,3)29-22(28)26(4)15-11-18(12-16-27-13-6-5-7-14-27)19-9-8-10-20(17-19)21(24)25/h8-10,17-18,21H,5-7,11-16H2,1-4H3/t18-/m1/s1. The van der Waals surface area contributed by atoms with Crippen LogP contribution in [0.4, 0.5) is 13.6 Å². The van der Waals surface area contributed by atoms with Crippen molar-refractivity contribution >= 4 is 6.09 Å². The lowest BCUT2D eigenvalue weighted by Gasteiger charge is -2.29. The summed E-state index contributed by atoms with van der Waals surface area (Å²) >= 11 is 0. The number of halogens is 2. The van der Waals surface area contributed by atoms with E-state index in [0.29, 0.717) is 6.54 Å². The zero-order valence-corrected chi connectivity index (χ0v) is 18.3. The molecule has 1 amide bonds. The molecule has 4 nitrogen and oxygen atoms in total. The van der Waals surface area contributed by atoms with Crippen LogP contribution in [0.25, 0.3) is 0 Å². The Bertz CT molecular complexity index is 640. The molecule has 1 saturated heterocycles. The number of carbonyl (C=O) groups is 1. The molecule has 0 N–H and O–H groups in total. The summed E-state index contributed by atoms with van der Waals surface area (Å²) in [5.74, 6) is 0.125. The Morgan fingerprint density at radius 2 is 1.79 bits per heavy atom. The molecule has 164 valence electrons. The van der Waals surface area contributed by atoms with Crippen molar-refractivity contribution in [3.8, 4) is 0 Å². The molecule has 1 aromatic rings. The summed E-state index contributed by atoms with van der Waals surface area (Å²) in [5.41, 5.74) is 0.452. The molecule has 1 aliphatic rings. The molecule has 1 aromatic carbocycles. The number of amides is 1. The first-order chi connectivity index (χ1) is 13.7. The van der Waals surface area contributed by atoms with E-state index in [1.165, 1.54) is 25.3 Å². The highest BCUT2D eigenvalue weighted by molar-refractivity contribution is 5.67. The van der Waals surface area contributed by atoms with Crippen molar-refractivity contribution in [2.45, 2.75) is 70.8 Å². The van der Waals surface area contributed by atoms with Crippen LogP contribution in [0.2, 0.25) is 0 Å². The zero-order valence-electron chi connectivity index (χ0n) is 18.3. The fourth-order valence-electron chi connectivity index (χ4n) is 3.73. The van der Waals surface area contributed by atoms with Crippen molar-refractivity contribution in [3.05, 3.63) is 35.4 Å². The Kier molecular flexibility index (Phi) is 8.87. The van der Waals surface area contributed by atoms with E-state index in [-0.39, 0.29) is 17.6 Å². The van der Waals surface area contributed by atoms with Crippen molar-refractivity contribution < 1.29 is 18.3 Å². The Morgan fingerprint density at radius 3 is 2.41 bits per heavy atom. The number of likely N-dealkylation sites (tertiary alicyclic amines) is 1. The van der Waals surface area contributed by atoms with E-state index < -0.39 is 12.0 Å². The number of hydrogen-bond donors (Lipinski definition) is 0. The fraction of sp³-hybridized carbons (Fsp3) is 0.696. The highest BCUT2D eigenvalue weighted by Gasteiger charge is 2.22. The SMILES string of the molecule is CN(CC[C@H](CCN1CCCCC1)c1cccc(C(F)F)c1)C(=O)OC(C)(C)C. The van der Waals surface area contributed by atoms with Gasteiger partial charge in [0, 0.05) is 19.2 Å². The van der Waals surface area contributed by atoms with Crippen molar-refractivity contribution in [1.29, 1.82) is 0 Å². The smallest absolute Gasteiger partial charge is 0.410 e. The second-order valence-electron chi connectivity index (χ2n) is 9.05. The van der Waals surface area contributed by atoms with Crippen LogP contribution < -0.4 is 0 Å². The van der Waals surface area contributed by atoms with Crippen molar-refractivity contribution in [1.82, 2.24) is 9.80 Å². The Hall–Kier alpha value is -1.69. The van der Waals surface area contributed by atoms with E-state index in [4.69, 9.17) is 4.74 Å². The van der Waals surface area contributed by atoms with Crippen LogP contribution >= 0.6 is 0 Å². The maximum absolute atomic E-state index is 13.2. The second-order valence-corrected chi connectivity index (χ2v) is 9.05. The summed E-state index contributed by atoms with van der Waals surface area (Å²) in [5, 5.41) is 0. The molecule has 1 atom stereocenters. The number of hydrogen-bond acceptors (Lipinski definition) is 3. The van der Waals surface area contributed by atoms with Gasteiger partial charge >= 0.3 is 6.09 Å². The number of benzene rings is 1. The Balaban J connectivity index is 2.03. The lowest BCUT2D eigenvalue weighted by atomic mass is 9.90. The minimum atomic E-state index is -2.47. The molecule has 2 rings (SSSR count). The van der Waals surface area contributed by atoms with Crippen LogP contribution in [-0.4, -0.2) is 54.7 Å². The summed E-state index contributed by atoms with van der Waals surface area (Å²) in [7, 11) is 1.73. The van der Waals surface area contributed by atoms with Gasteiger partial charge in [-0.25, -0.2) is 13.6 Å². The van der Waals surface area contributed by atoms with Gasteiger partial charge in [-0.1, -0.05) is 24.6 Å². The lowest BCUT2D eigenvalue weighted by molar-refractivity contribution is 0.0293. The topological polar surface area (TPSA) is 32.8 Å². The van der Waals surface area contributed by atoms with Crippen molar-refractivity contribution in [2.75, 3.05) is 33.2 Å². The summed E-state index contributed by atoms with van der Waals surface area (Å²) in [6, 6.07) is 6.74. The van der Waals surface area contributed by atoms with Crippen LogP contribution in [0.5, 0.6) is 0 Å². The second kappa shape index (κ2) is 10.9. The maximum Gasteiger partial charge on any atom is 0.410 e. The normalized spacial score (nSPS) is 16.7. The highest BCUT2D eigenvalue weighted by atomic mass is 19.3. The molecule has 6 heteroatoms. The predicted octanol–water partition coefficient (Wildman–Crippen LogP) is 5.84. The molecule has 1 heterocycles. The van der Waals surface area contributed by atoms with Gasteiger partial charge in [-0.2, -0.15) is 0 Å². The van der Waals surface area contributed by atoms with Crippen molar-refractivity contribution in [3.63, 3.8) is 0 Å². The van der Waals surface area contributed by atoms with E-state index in [9.17, 15) is 13.6 Å². The first kappa shape index (κ1) is 23.6. The van der Waals surface area contributed by atoms with Gasteiger partial charge in [-0.3, -0.25) is 0 Å². The summed E-state index contributed by atoms with van der Waals surface area (Å²) < 4.78 is 31.8. The van der Waals surface area contributed by atoms with Crippen LogP contribution in [-0.2, 0) is 4.74 Å². The molecule has 0 spiro atoms. The average Bonchev–Trinajstić information content (AvgIpc) is 2.67. The van der Waals surface area contributed by atoms with Crippen LogP contribution in [0.3, 0.4) is 0 Å². The molecule has 0 radical (unpaired) electrons. The van der Waals surface area contributed by atoms with E-state index in [0.717, 1.165) is 38.0 Å². The van der Waals surface area contributed by atoms with Crippen LogP contribution in [0, 0.1) is 0 Å². The lowest BCUT2D eigenvalue weighted by Crippen LogP contribution is -2.35. The third-order valence-electron chi connectivity index (χ3n) is 5.39. The number of ether oxygens (including phenoxy) is 1. The van der Waals surface area contributed by atoms with Gasteiger partial charge in [0.25, 0.3) is 6.43 Å². The monoisotopic (exact) mass is 410 g/mol.